The molecule has 0 aliphatic rings. The normalized spacial score (nSPS) is 10.4. The minimum absolute atomic E-state index is 0.129. The summed E-state index contributed by atoms with van der Waals surface area (Å²) in [6.07, 6.45) is 1.69. The van der Waals surface area contributed by atoms with E-state index in [4.69, 9.17) is 4.74 Å². The van der Waals surface area contributed by atoms with E-state index in [1.165, 1.54) is 0 Å². The summed E-state index contributed by atoms with van der Waals surface area (Å²) in [5, 5.41) is 0. The second-order valence-corrected chi connectivity index (χ2v) is 3.45. The second kappa shape index (κ2) is 4.26. The summed E-state index contributed by atoms with van der Waals surface area (Å²) in [5.41, 5.74) is 0.705. The lowest BCUT2D eigenvalue weighted by molar-refractivity contribution is 0.336. The third-order valence-electron chi connectivity index (χ3n) is 2.32. The van der Waals surface area contributed by atoms with Gasteiger partial charge in [-0.05, 0) is 19.1 Å². The lowest BCUT2D eigenvalue weighted by atomic mass is 10.3. The van der Waals surface area contributed by atoms with Gasteiger partial charge in [-0.25, -0.2) is 4.68 Å². The van der Waals surface area contributed by atoms with Crippen LogP contribution in [0.3, 0.4) is 0 Å². The van der Waals surface area contributed by atoms with E-state index in [1.807, 2.05) is 44.3 Å². The van der Waals surface area contributed by atoms with Gasteiger partial charge in [0.25, 0.3) is 0 Å². The minimum atomic E-state index is -0.129. The van der Waals surface area contributed by atoms with Gasteiger partial charge < -0.3 is 4.74 Å². The van der Waals surface area contributed by atoms with Gasteiger partial charge >= 0.3 is 5.56 Å². The van der Waals surface area contributed by atoms with Crippen LogP contribution in [0.1, 0.15) is 6.92 Å². The van der Waals surface area contributed by atoms with Crippen LogP contribution in [-0.2, 0) is 7.05 Å². The Morgan fingerprint density at radius 3 is 2.56 bits per heavy atom. The van der Waals surface area contributed by atoms with Crippen LogP contribution in [0.2, 0.25) is 0 Å². The van der Waals surface area contributed by atoms with Crippen LogP contribution >= 0.6 is 0 Å². The number of hydrogen-bond donors (Lipinski definition) is 0. The van der Waals surface area contributed by atoms with Crippen molar-refractivity contribution in [2.45, 2.75) is 6.92 Å². The van der Waals surface area contributed by atoms with Crippen LogP contribution in [0.4, 0.5) is 0 Å². The van der Waals surface area contributed by atoms with Gasteiger partial charge in [-0.15, -0.1) is 0 Å². The van der Waals surface area contributed by atoms with Crippen LogP contribution in [0, 0.1) is 0 Å². The van der Waals surface area contributed by atoms with E-state index in [1.54, 1.807) is 15.6 Å². The fourth-order valence-corrected chi connectivity index (χ4v) is 1.65. The molecule has 0 atom stereocenters. The summed E-state index contributed by atoms with van der Waals surface area (Å²) in [7, 11) is 1.82. The maximum absolute atomic E-state index is 12.0. The van der Waals surface area contributed by atoms with Gasteiger partial charge in [0.05, 0.1) is 18.5 Å². The number of hydrogen-bond acceptors (Lipinski definition) is 2. The van der Waals surface area contributed by atoms with Crippen molar-refractivity contribution in [3.05, 3.63) is 46.9 Å². The van der Waals surface area contributed by atoms with E-state index in [-0.39, 0.29) is 5.56 Å². The highest BCUT2D eigenvalue weighted by molar-refractivity contribution is 5.32. The van der Waals surface area contributed by atoms with Crippen molar-refractivity contribution in [1.29, 1.82) is 0 Å². The highest BCUT2D eigenvalue weighted by Crippen LogP contribution is 2.09. The molecule has 1 aromatic heterocycles. The molecule has 0 spiro atoms. The maximum atomic E-state index is 12.0. The molecule has 2 aromatic rings. The third kappa shape index (κ3) is 1.74. The smallest absolute Gasteiger partial charge is 0.313 e. The van der Waals surface area contributed by atoms with E-state index < -0.39 is 0 Å². The Balaban J connectivity index is 2.54. The van der Waals surface area contributed by atoms with E-state index >= 15 is 0 Å². The van der Waals surface area contributed by atoms with Crippen molar-refractivity contribution in [3.63, 3.8) is 0 Å². The number of para-hydroxylation sites is 1. The molecule has 1 heterocycles. The second-order valence-electron chi connectivity index (χ2n) is 3.45. The van der Waals surface area contributed by atoms with Crippen LogP contribution < -0.4 is 10.3 Å². The number of benzene rings is 1. The van der Waals surface area contributed by atoms with Crippen molar-refractivity contribution < 1.29 is 4.74 Å². The molecule has 0 aliphatic heterocycles. The molecule has 16 heavy (non-hydrogen) atoms. The maximum Gasteiger partial charge on any atom is 0.313 e. The minimum Gasteiger partial charge on any atom is -0.487 e. The van der Waals surface area contributed by atoms with Crippen molar-refractivity contribution >= 4 is 0 Å². The topological polar surface area (TPSA) is 36.2 Å². The van der Waals surface area contributed by atoms with Gasteiger partial charge in [0.2, 0.25) is 5.75 Å². The van der Waals surface area contributed by atoms with Gasteiger partial charge in [-0.1, -0.05) is 18.2 Å². The zero-order chi connectivity index (χ0) is 11.5. The first kappa shape index (κ1) is 10.5. The molecule has 2 rings (SSSR count). The largest absolute Gasteiger partial charge is 0.487 e. The van der Waals surface area contributed by atoms with Crippen LogP contribution in [-0.4, -0.2) is 16.0 Å². The fraction of sp³-hybridized carbons (Fsp3) is 0.250. The fourth-order valence-electron chi connectivity index (χ4n) is 1.65. The SMILES string of the molecule is CCOc1cn(C)n(-c2ccccc2)c1=O. The molecule has 0 fully saturated rings. The van der Waals surface area contributed by atoms with Crippen molar-refractivity contribution in [2.24, 2.45) is 7.05 Å². The molecule has 4 nitrogen and oxygen atoms in total. The molecular formula is C12H14N2O2. The first-order valence-electron chi connectivity index (χ1n) is 5.21. The molecule has 0 unspecified atom stereocenters. The van der Waals surface area contributed by atoms with E-state index in [2.05, 4.69) is 0 Å². The lowest BCUT2D eigenvalue weighted by Gasteiger charge is -2.05. The van der Waals surface area contributed by atoms with Crippen LogP contribution in [0.25, 0.3) is 5.69 Å². The molecule has 0 N–H and O–H groups in total. The Labute approximate surface area is 93.7 Å². The molecule has 0 aliphatic carbocycles. The monoisotopic (exact) mass is 218 g/mol. The highest BCUT2D eigenvalue weighted by atomic mass is 16.5. The summed E-state index contributed by atoms with van der Waals surface area (Å²) in [4.78, 5) is 12.0. The van der Waals surface area contributed by atoms with Crippen molar-refractivity contribution in [3.8, 4) is 11.4 Å². The summed E-state index contributed by atoms with van der Waals surface area (Å²) < 4.78 is 8.56. The molecule has 0 saturated heterocycles. The highest BCUT2D eigenvalue weighted by Gasteiger charge is 2.10. The average molecular weight is 218 g/mol. The van der Waals surface area contributed by atoms with E-state index in [0.717, 1.165) is 5.69 Å². The number of aromatic nitrogens is 2. The average Bonchev–Trinajstić information content (AvgIpc) is 2.56. The number of nitrogens with zero attached hydrogens (tertiary/aromatic N) is 2. The predicted molar refractivity (Wildman–Crippen MR) is 62.2 cm³/mol. The van der Waals surface area contributed by atoms with Crippen molar-refractivity contribution in [2.75, 3.05) is 6.61 Å². The zero-order valence-corrected chi connectivity index (χ0v) is 9.38. The third-order valence-corrected chi connectivity index (χ3v) is 2.32. The molecule has 84 valence electrons. The number of rotatable bonds is 3. The molecule has 1 aromatic carbocycles. The summed E-state index contributed by atoms with van der Waals surface area (Å²) in [5.74, 6) is 0.383. The molecule has 0 bridgehead atoms. The molecule has 0 radical (unpaired) electrons. The Morgan fingerprint density at radius 1 is 1.25 bits per heavy atom. The first-order valence-corrected chi connectivity index (χ1v) is 5.21. The van der Waals surface area contributed by atoms with Gasteiger partial charge in [-0.3, -0.25) is 9.48 Å². The van der Waals surface area contributed by atoms with Gasteiger partial charge in [-0.2, -0.15) is 0 Å². The number of aryl methyl sites for hydroxylation is 1. The molecular weight excluding hydrogens is 204 g/mol. The Morgan fingerprint density at radius 2 is 1.94 bits per heavy atom. The van der Waals surface area contributed by atoms with Gasteiger partial charge in [0.1, 0.15) is 0 Å². The van der Waals surface area contributed by atoms with Crippen molar-refractivity contribution in [1.82, 2.24) is 9.36 Å². The van der Waals surface area contributed by atoms with Crippen LogP contribution in [0.15, 0.2) is 41.3 Å². The Kier molecular flexibility index (Phi) is 2.81. The number of ether oxygens (including phenoxy) is 1. The lowest BCUT2D eigenvalue weighted by Crippen LogP contribution is -2.20. The summed E-state index contributed by atoms with van der Waals surface area (Å²) in [6.45, 7) is 2.35. The summed E-state index contributed by atoms with van der Waals surface area (Å²) >= 11 is 0. The predicted octanol–water partition coefficient (Wildman–Crippen LogP) is 1.57. The first-order chi connectivity index (χ1) is 7.74. The van der Waals surface area contributed by atoms with E-state index in [0.29, 0.717) is 12.4 Å². The zero-order valence-electron chi connectivity index (χ0n) is 9.38. The van der Waals surface area contributed by atoms with E-state index in [9.17, 15) is 4.79 Å². The van der Waals surface area contributed by atoms with Gasteiger partial charge in [0, 0.05) is 7.05 Å². The molecule has 4 heteroatoms. The molecule has 0 saturated carbocycles. The Hall–Kier alpha value is -1.97. The standard InChI is InChI=1S/C12H14N2O2/c1-3-16-11-9-13(2)14(12(11)15)10-7-5-4-6-8-10/h4-9H,3H2,1-2H3. The van der Waals surface area contributed by atoms with Gasteiger partial charge in [0.15, 0.2) is 0 Å². The quantitative estimate of drug-likeness (QED) is 0.784. The summed E-state index contributed by atoms with van der Waals surface area (Å²) in [6, 6.07) is 9.49. The molecule has 0 amide bonds. The van der Waals surface area contributed by atoms with Crippen LogP contribution in [0.5, 0.6) is 5.75 Å². The Bertz CT molecular complexity index is 526.